The molecule has 0 aliphatic rings. The molecular weight excluding hydrogens is 294 g/mol. The molecule has 0 spiro atoms. The Bertz CT molecular complexity index is 432. The summed E-state index contributed by atoms with van der Waals surface area (Å²) < 4.78 is 5.60. The molecule has 0 aliphatic heterocycles. The number of nitrogens with zero attached hydrogens (tertiary/aromatic N) is 1. The molecule has 0 saturated heterocycles. The fraction of sp³-hybridized carbons (Fsp3) is 0.667. The smallest absolute Gasteiger partial charge is 0.119 e. The molecule has 132 valence electrons. The number of hydrogen-bond donors (Lipinski definition) is 3. The van der Waals surface area contributed by atoms with Crippen molar-refractivity contribution in [1.29, 1.82) is 0 Å². The highest BCUT2D eigenvalue weighted by Gasteiger charge is 2.34. The Labute approximate surface area is 139 Å². The van der Waals surface area contributed by atoms with E-state index in [0.717, 1.165) is 31.4 Å². The van der Waals surface area contributed by atoms with E-state index in [0.29, 0.717) is 13.2 Å². The lowest BCUT2D eigenvalue weighted by Gasteiger charge is -2.42. The van der Waals surface area contributed by atoms with Gasteiger partial charge < -0.3 is 20.1 Å². The molecule has 0 unspecified atom stereocenters. The van der Waals surface area contributed by atoms with E-state index in [4.69, 9.17) is 4.74 Å². The van der Waals surface area contributed by atoms with Crippen molar-refractivity contribution in [2.24, 2.45) is 0 Å². The van der Waals surface area contributed by atoms with Gasteiger partial charge in [0.15, 0.2) is 0 Å². The summed E-state index contributed by atoms with van der Waals surface area (Å²) >= 11 is 0. The van der Waals surface area contributed by atoms with Gasteiger partial charge >= 0.3 is 0 Å². The zero-order chi connectivity index (χ0) is 17.5. The molecule has 1 rings (SSSR count). The summed E-state index contributed by atoms with van der Waals surface area (Å²) in [4.78, 5) is 1.70. The molecule has 23 heavy (non-hydrogen) atoms. The van der Waals surface area contributed by atoms with Gasteiger partial charge in [-0.2, -0.15) is 0 Å². The van der Waals surface area contributed by atoms with Gasteiger partial charge in [0.25, 0.3) is 0 Å². The Morgan fingerprint density at radius 1 is 0.870 bits per heavy atom. The molecule has 0 atom stereocenters. The monoisotopic (exact) mass is 325 g/mol. The van der Waals surface area contributed by atoms with Gasteiger partial charge in [0.1, 0.15) is 22.9 Å². The van der Waals surface area contributed by atoms with E-state index in [-0.39, 0.29) is 5.75 Å². The van der Waals surface area contributed by atoms with Crippen molar-refractivity contribution < 1.29 is 20.1 Å². The van der Waals surface area contributed by atoms with Gasteiger partial charge in [-0.15, -0.1) is 0 Å². The maximum Gasteiger partial charge on any atom is 0.119 e. The first-order chi connectivity index (χ1) is 10.6. The second-order valence-corrected chi connectivity index (χ2v) is 6.90. The largest absolute Gasteiger partial charge is 0.508 e. The molecule has 5 nitrogen and oxygen atoms in total. The molecule has 0 radical (unpaired) electrons. The fourth-order valence-electron chi connectivity index (χ4n) is 2.67. The molecule has 0 amide bonds. The Morgan fingerprint density at radius 2 is 1.39 bits per heavy atom. The van der Waals surface area contributed by atoms with Crippen LogP contribution in [0.3, 0.4) is 0 Å². The molecule has 0 aliphatic carbocycles. The Morgan fingerprint density at radius 3 is 1.91 bits per heavy atom. The lowest BCUT2D eigenvalue weighted by Crippen LogP contribution is -2.55. The van der Waals surface area contributed by atoms with E-state index < -0.39 is 11.4 Å². The van der Waals surface area contributed by atoms with Crippen molar-refractivity contribution in [2.75, 3.05) is 13.2 Å². The van der Waals surface area contributed by atoms with Crippen LogP contribution in [0, 0.1) is 0 Å². The van der Waals surface area contributed by atoms with Crippen LogP contribution in [0.15, 0.2) is 24.3 Å². The highest BCUT2D eigenvalue weighted by molar-refractivity contribution is 5.29. The number of aliphatic hydroxyl groups is 2. The fourth-order valence-corrected chi connectivity index (χ4v) is 2.67. The molecular formula is C18H31NO4. The Hall–Kier alpha value is -1.30. The Balaban J connectivity index is 2.18. The number of phenols is 1. The summed E-state index contributed by atoms with van der Waals surface area (Å²) in [6.45, 7) is 8.05. The van der Waals surface area contributed by atoms with Crippen LogP contribution in [0.2, 0.25) is 0 Å². The average molecular weight is 325 g/mol. The summed E-state index contributed by atoms with van der Waals surface area (Å²) in [7, 11) is 0. The lowest BCUT2D eigenvalue weighted by molar-refractivity contribution is -0.200. The van der Waals surface area contributed by atoms with E-state index >= 15 is 0 Å². The van der Waals surface area contributed by atoms with Crippen LogP contribution in [0.5, 0.6) is 11.5 Å². The van der Waals surface area contributed by atoms with Gasteiger partial charge in [-0.1, -0.05) is 12.8 Å². The summed E-state index contributed by atoms with van der Waals surface area (Å²) in [5.74, 6) is 0.999. The molecule has 1 aromatic rings. The van der Waals surface area contributed by atoms with Crippen molar-refractivity contribution >= 4 is 0 Å². The van der Waals surface area contributed by atoms with E-state index in [1.165, 1.54) is 0 Å². The predicted octanol–water partition coefficient (Wildman–Crippen LogP) is 3.09. The first-order valence-electron chi connectivity index (χ1n) is 8.25. The van der Waals surface area contributed by atoms with Gasteiger partial charge in [-0.25, -0.2) is 4.90 Å². The van der Waals surface area contributed by atoms with Crippen LogP contribution >= 0.6 is 0 Å². The molecule has 0 heterocycles. The zero-order valence-corrected chi connectivity index (χ0v) is 14.7. The highest BCUT2D eigenvalue weighted by Crippen LogP contribution is 2.22. The van der Waals surface area contributed by atoms with Crippen molar-refractivity contribution in [2.45, 2.75) is 64.8 Å². The Kier molecular flexibility index (Phi) is 7.32. The molecule has 3 N–H and O–H groups in total. The van der Waals surface area contributed by atoms with E-state index in [9.17, 15) is 15.3 Å². The van der Waals surface area contributed by atoms with Crippen molar-refractivity contribution in [1.82, 2.24) is 4.90 Å². The number of aromatic hydroxyl groups is 1. The third-order valence-electron chi connectivity index (χ3n) is 3.70. The maximum atomic E-state index is 10.1. The third kappa shape index (κ3) is 7.68. The van der Waals surface area contributed by atoms with E-state index in [1.54, 1.807) is 56.9 Å². The number of unbranched alkanes of at least 4 members (excludes halogenated alkanes) is 3. The standard InChI is InChI=1S/C18H31NO4/c1-17(2,21)19(18(3,4)22)13-7-5-6-8-14-23-16-11-9-15(20)10-12-16/h9-12,20-22H,5-8,13-14H2,1-4H3. The normalized spacial score (nSPS) is 12.7. The predicted molar refractivity (Wildman–Crippen MR) is 91.4 cm³/mol. The summed E-state index contributed by atoms with van der Waals surface area (Å²) in [6.07, 6.45) is 3.91. The summed E-state index contributed by atoms with van der Waals surface area (Å²) in [6, 6.07) is 6.72. The number of hydrogen-bond acceptors (Lipinski definition) is 5. The molecule has 1 aromatic carbocycles. The highest BCUT2D eigenvalue weighted by atomic mass is 16.5. The van der Waals surface area contributed by atoms with Crippen LogP contribution in [0.4, 0.5) is 0 Å². The number of ether oxygens (including phenoxy) is 1. The van der Waals surface area contributed by atoms with Gasteiger partial charge in [0, 0.05) is 6.54 Å². The third-order valence-corrected chi connectivity index (χ3v) is 3.70. The SMILES string of the molecule is CC(C)(O)N(CCCCCCOc1ccc(O)cc1)C(C)(C)O. The second kappa shape index (κ2) is 8.52. The molecule has 0 aromatic heterocycles. The van der Waals surface area contributed by atoms with Crippen LogP contribution < -0.4 is 4.74 Å². The first-order valence-corrected chi connectivity index (χ1v) is 8.25. The zero-order valence-electron chi connectivity index (χ0n) is 14.7. The number of benzene rings is 1. The number of rotatable bonds is 10. The quantitative estimate of drug-likeness (QED) is 0.455. The van der Waals surface area contributed by atoms with Crippen molar-refractivity contribution in [3.8, 4) is 11.5 Å². The van der Waals surface area contributed by atoms with E-state index in [1.807, 2.05) is 0 Å². The van der Waals surface area contributed by atoms with Gasteiger partial charge in [-0.05, 0) is 64.8 Å². The summed E-state index contributed by atoms with van der Waals surface area (Å²) in [5.41, 5.74) is -2.08. The average Bonchev–Trinajstić information content (AvgIpc) is 2.41. The minimum Gasteiger partial charge on any atom is -0.508 e. The lowest BCUT2D eigenvalue weighted by atomic mass is 10.1. The molecule has 0 bridgehead atoms. The van der Waals surface area contributed by atoms with Crippen molar-refractivity contribution in [3.05, 3.63) is 24.3 Å². The molecule has 0 saturated carbocycles. The summed E-state index contributed by atoms with van der Waals surface area (Å²) in [5, 5.41) is 29.4. The van der Waals surface area contributed by atoms with Crippen LogP contribution in [0.1, 0.15) is 53.4 Å². The molecule has 0 fully saturated rings. The minimum atomic E-state index is -1.04. The second-order valence-electron chi connectivity index (χ2n) is 6.90. The first kappa shape index (κ1) is 19.7. The van der Waals surface area contributed by atoms with Crippen LogP contribution in [0.25, 0.3) is 0 Å². The van der Waals surface area contributed by atoms with Crippen LogP contribution in [-0.2, 0) is 0 Å². The van der Waals surface area contributed by atoms with Crippen molar-refractivity contribution in [3.63, 3.8) is 0 Å². The minimum absolute atomic E-state index is 0.237. The topological polar surface area (TPSA) is 73.2 Å². The molecule has 5 heteroatoms. The van der Waals surface area contributed by atoms with Gasteiger partial charge in [0.2, 0.25) is 0 Å². The van der Waals surface area contributed by atoms with Crippen LogP contribution in [-0.4, -0.2) is 44.8 Å². The number of phenolic OH excluding ortho intramolecular Hbond substituents is 1. The van der Waals surface area contributed by atoms with E-state index in [2.05, 4.69) is 0 Å². The van der Waals surface area contributed by atoms with Gasteiger partial charge in [0.05, 0.1) is 6.61 Å². The maximum absolute atomic E-state index is 10.1. The van der Waals surface area contributed by atoms with Gasteiger partial charge in [-0.3, -0.25) is 0 Å².